The van der Waals surface area contributed by atoms with E-state index >= 15 is 0 Å². The lowest BCUT2D eigenvalue weighted by molar-refractivity contribution is -0.137. The van der Waals surface area contributed by atoms with E-state index in [9.17, 15) is 13.2 Å². The van der Waals surface area contributed by atoms with Crippen molar-refractivity contribution in [2.75, 3.05) is 11.9 Å². The molecule has 110 valence electrons. The Morgan fingerprint density at radius 2 is 1.86 bits per heavy atom. The van der Waals surface area contributed by atoms with Gasteiger partial charge in [-0.25, -0.2) is 4.98 Å². The van der Waals surface area contributed by atoms with Crippen LogP contribution in [0.4, 0.5) is 24.7 Å². The van der Waals surface area contributed by atoms with E-state index in [4.69, 9.17) is 0 Å². The number of aromatic nitrogens is 1. The van der Waals surface area contributed by atoms with Gasteiger partial charge in [-0.2, -0.15) is 13.2 Å². The molecule has 0 spiro atoms. The number of hydrogen-bond acceptors (Lipinski definition) is 3. The molecule has 0 aliphatic carbocycles. The summed E-state index contributed by atoms with van der Waals surface area (Å²) in [5.74, 6) is 0.716. The first-order valence-corrected chi connectivity index (χ1v) is 6.66. The summed E-state index contributed by atoms with van der Waals surface area (Å²) < 4.78 is 37.6. The standard InChI is InChI=1S/C15H14F3N3/c16-15(17,18)11-1-3-12(4-2-11)21-14-13-6-7-19-9-10(13)5-8-20-14/h1-5,8,19H,6-7,9H2,(H,20,21). The van der Waals surface area contributed by atoms with E-state index in [0.717, 1.165) is 37.2 Å². The minimum atomic E-state index is -4.31. The summed E-state index contributed by atoms with van der Waals surface area (Å²) >= 11 is 0. The molecule has 1 aliphatic heterocycles. The van der Waals surface area contributed by atoms with Gasteiger partial charge in [0.25, 0.3) is 0 Å². The monoisotopic (exact) mass is 293 g/mol. The fourth-order valence-corrected chi connectivity index (χ4v) is 2.40. The normalized spacial score (nSPS) is 14.6. The number of hydrogen-bond donors (Lipinski definition) is 2. The van der Waals surface area contributed by atoms with Crippen molar-refractivity contribution in [2.24, 2.45) is 0 Å². The number of fused-ring (bicyclic) bond motifs is 1. The van der Waals surface area contributed by atoms with Crippen LogP contribution in [0.3, 0.4) is 0 Å². The summed E-state index contributed by atoms with van der Waals surface area (Å²) in [4.78, 5) is 4.30. The van der Waals surface area contributed by atoms with Gasteiger partial charge in [0.1, 0.15) is 5.82 Å². The topological polar surface area (TPSA) is 37.0 Å². The van der Waals surface area contributed by atoms with Gasteiger partial charge in [-0.1, -0.05) is 0 Å². The highest BCUT2D eigenvalue weighted by atomic mass is 19.4. The molecule has 3 nitrogen and oxygen atoms in total. The number of benzene rings is 1. The van der Waals surface area contributed by atoms with Gasteiger partial charge in [0.05, 0.1) is 5.56 Å². The van der Waals surface area contributed by atoms with Crippen LogP contribution in [0.25, 0.3) is 0 Å². The van der Waals surface area contributed by atoms with E-state index in [0.29, 0.717) is 11.5 Å². The molecule has 2 heterocycles. The third-order valence-corrected chi connectivity index (χ3v) is 3.50. The molecule has 21 heavy (non-hydrogen) atoms. The first-order valence-electron chi connectivity index (χ1n) is 6.66. The molecule has 0 bridgehead atoms. The second kappa shape index (κ2) is 5.37. The van der Waals surface area contributed by atoms with E-state index in [1.165, 1.54) is 17.7 Å². The van der Waals surface area contributed by atoms with E-state index in [1.54, 1.807) is 6.20 Å². The molecule has 1 aliphatic rings. The zero-order valence-corrected chi connectivity index (χ0v) is 11.2. The number of rotatable bonds is 2. The predicted octanol–water partition coefficient (Wildman–Crippen LogP) is 3.49. The molecule has 0 radical (unpaired) electrons. The van der Waals surface area contributed by atoms with Crippen LogP contribution in [0.1, 0.15) is 16.7 Å². The Balaban J connectivity index is 1.84. The Kier molecular flexibility index (Phi) is 3.55. The molecule has 0 saturated heterocycles. The van der Waals surface area contributed by atoms with E-state index in [1.807, 2.05) is 6.07 Å². The number of nitrogens with one attached hydrogen (secondary N) is 2. The molecule has 1 aromatic carbocycles. The molecule has 6 heteroatoms. The van der Waals surface area contributed by atoms with Crippen LogP contribution in [0, 0.1) is 0 Å². The van der Waals surface area contributed by atoms with Crippen molar-refractivity contribution in [3.8, 4) is 0 Å². The van der Waals surface area contributed by atoms with Gasteiger partial charge < -0.3 is 10.6 Å². The lowest BCUT2D eigenvalue weighted by Gasteiger charge is -2.20. The van der Waals surface area contributed by atoms with E-state index in [2.05, 4.69) is 15.6 Å². The van der Waals surface area contributed by atoms with Gasteiger partial charge in [0.15, 0.2) is 0 Å². The maximum Gasteiger partial charge on any atom is 0.416 e. The highest BCUT2D eigenvalue weighted by Crippen LogP contribution is 2.31. The average Bonchev–Trinajstić information content (AvgIpc) is 2.47. The summed E-state index contributed by atoms with van der Waals surface area (Å²) in [5.41, 5.74) is 2.24. The van der Waals surface area contributed by atoms with Gasteiger partial charge in [-0.15, -0.1) is 0 Å². The number of anilines is 2. The first kappa shape index (κ1) is 13.9. The maximum absolute atomic E-state index is 12.5. The van der Waals surface area contributed by atoms with Crippen LogP contribution in [0.2, 0.25) is 0 Å². The van der Waals surface area contributed by atoms with Crippen LogP contribution in [0.5, 0.6) is 0 Å². The number of nitrogens with zero attached hydrogens (tertiary/aromatic N) is 1. The van der Waals surface area contributed by atoms with E-state index in [-0.39, 0.29) is 0 Å². The molecule has 0 amide bonds. The zero-order valence-electron chi connectivity index (χ0n) is 11.2. The fourth-order valence-electron chi connectivity index (χ4n) is 2.40. The highest BCUT2D eigenvalue weighted by Gasteiger charge is 2.29. The zero-order chi connectivity index (χ0) is 14.9. The number of halogens is 3. The molecule has 0 fully saturated rings. The van der Waals surface area contributed by atoms with Crippen LogP contribution >= 0.6 is 0 Å². The Hall–Kier alpha value is -2.08. The number of pyridine rings is 1. The van der Waals surface area contributed by atoms with Gasteiger partial charge in [-0.05, 0) is 48.9 Å². The van der Waals surface area contributed by atoms with E-state index < -0.39 is 11.7 Å². The molecule has 1 aromatic heterocycles. The first-order chi connectivity index (χ1) is 10.0. The molecule has 0 saturated carbocycles. The highest BCUT2D eigenvalue weighted by molar-refractivity contribution is 5.61. The minimum absolute atomic E-state index is 0.599. The Bertz CT molecular complexity index is 636. The van der Waals surface area contributed by atoms with Crippen LogP contribution in [-0.2, 0) is 19.1 Å². The van der Waals surface area contributed by atoms with Gasteiger partial charge >= 0.3 is 6.18 Å². The Morgan fingerprint density at radius 3 is 2.57 bits per heavy atom. The molecule has 0 unspecified atom stereocenters. The second-order valence-electron chi connectivity index (χ2n) is 4.92. The van der Waals surface area contributed by atoms with Gasteiger partial charge in [-0.3, -0.25) is 0 Å². The average molecular weight is 293 g/mol. The molecule has 3 rings (SSSR count). The Labute approximate surface area is 120 Å². The van der Waals surface area contributed by atoms with Crippen molar-refractivity contribution >= 4 is 11.5 Å². The number of alkyl halides is 3. The maximum atomic E-state index is 12.5. The third kappa shape index (κ3) is 3.00. The lowest BCUT2D eigenvalue weighted by Crippen LogP contribution is -2.24. The summed E-state index contributed by atoms with van der Waals surface area (Å²) in [6, 6.07) is 6.94. The van der Waals surface area contributed by atoms with Crippen molar-refractivity contribution in [3.05, 3.63) is 53.2 Å². The van der Waals surface area contributed by atoms with Crippen LogP contribution < -0.4 is 10.6 Å². The van der Waals surface area contributed by atoms with Crippen molar-refractivity contribution in [2.45, 2.75) is 19.1 Å². The van der Waals surface area contributed by atoms with Gasteiger partial charge in [0.2, 0.25) is 0 Å². The van der Waals surface area contributed by atoms with Crippen LogP contribution in [-0.4, -0.2) is 11.5 Å². The molecular weight excluding hydrogens is 279 g/mol. The molecule has 2 aromatic rings. The van der Waals surface area contributed by atoms with Crippen molar-refractivity contribution in [3.63, 3.8) is 0 Å². The van der Waals surface area contributed by atoms with Crippen LogP contribution in [0.15, 0.2) is 36.5 Å². The van der Waals surface area contributed by atoms with Crippen molar-refractivity contribution < 1.29 is 13.2 Å². The SMILES string of the molecule is FC(F)(F)c1ccc(Nc2nccc3c2CCNC3)cc1. The summed E-state index contributed by atoms with van der Waals surface area (Å²) in [6.07, 6.45) is -1.75. The predicted molar refractivity (Wildman–Crippen MR) is 74.4 cm³/mol. The minimum Gasteiger partial charge on any atom is -0.340 e. The largest absolute Gasteiger partial charge is 0.416 e. The Morgan fingerprint density at radius 1 is 1.10 bits per heavy atom. The molecular formula is C15H14F3N3. The smallest absolute Gasteiger partial charge is 0.340 e. The van der Waals surface area contributed by atoms with Gasteiger partial charge in [0, 0.05) is 24.0 Å². The van der Waals surface area contributed by atoms with Crippen molar-refractivity contribution in [1.29, 1.82) is 0 Å². The molecule has 2 N–H and O–H groups in total. The van der Waals surface area contributed by atoms with Crippen molar-refractivity contribution in [1.82, 2.24) is 10.3 Å². The third-order valence-electron chi connectivity index (χ3n) is 3.50. The fraction of sp³-hybridized carbons (Fsp3) is 0.267. The summed E-state index contributed by atoms with van der Waals surface area (Å²) in [5, 5.41) is 6.38. The summed E-state index contributed by atoms with van der Waals surface area (Å²) in [7, 11) is 0. The second-order valence-corrected chi connectivity index (χ2v) is 4.92. The quantitative estimate of drug-likeness (QED) is 0.890. The lowest BCUT2D eigenvalue weighted by atomic mass is 10.0. The summed E-state index contributed by atoms with van der Waals surface area (Å²) in [6.45, 7) is 1.67. The molecule has 0 atom stereocenters.